The number of anilines is 1. The number of likely N-dealkylation sites (tertiary alicyclic amines) is 1. The van der Waals surface area contributed by atoms with Gasteiger partial charge in [-0.05, 0) is 25.6 Å². The molecule has 19 heavy (non-hydrogen) atoms. The number of nitrogens with zero attached hydrogens (tertiary/aromatic N) is 1. The molecule has 6 heteroatoms. The van der Waals surface area contributed by atoms with Gasteiger partial charge in [0.1, 0.15) is 17.3 Å². The number of para-hydroxylation sites is 1. The lowest BCUT2D eigenvalue weighted by molar-refractivity contribution is -0.117. The predicted molar refractivity (Wildman–Crippen MR) is 68.9 cm³/mol. The lowest BCUT2D eigenvalue weighted by Gasteiger charge is -2.15. The van der Waals surface area contributed by atoms with Gasteiger partial charge in [0, 0.05) is 19.1 Å². The van der Waals surface area contributed by atoms with Crippen molar-refractivity contribution in [3.63, 3.8) is 0 Å². The Morgan fingerprint density at radius 1 is 1.42 bits per heavy atom. The van der Waals surface area contributed by atoms with Crippen LogP contribution in [0.4, 0.5) is 14.5 Å². The summed E-state index contributed by atoms with van der Waals surface area (Å²) in [5, 5.41) is 5.43. The van der Waals surface area contributed by atoms with Crippen LogP contribution in [-0.2, 0) is 4.79 Å². The Morgan fingerprint density at radius 3 is 2.68 bits per heavy atom. The predicted octanol–water partition coefficient (Wildman–Crippen LogP) is 1.20. The molecule has 1 aromatic carbocycles. The van der Waals surface area contributed by atoms with Crippen LogP contribution in [-0.4, -0.2) is 43.5 Å². The van der Waals surface area contributed by atoms with E-state index in [2.05, 4.69) is 10.6 Å². The highest BCUT2D eigenvalue weighted by Gasteiger charge is 2.23. The Labute approximate surface area is 110 Å². The largest absolute Gasteiger partial charge is 0.320 e. The second-order valence-electron chi connectivity index (χ2n) is 4.65. The number of halogens is 2. The van der Waals surface area contributed by atoms with Gasteiger partial charge in [-0.25, -0.2) is 8.78 Å². The van der Waals surface area contributed by atoms with Crippen molar-refractivity contribution in [2.24, 2.45) is 0 Å². The number of benzene rings is 1. The first-order valence-corrected chi connectivity index (χ1v) is 6.23. The Bertz CT molecular complexity index is 447. The molecular formula is C13H17F2N3O. The minimum Gasteiger partial charge on any atom is -0.320 e. The van der Waals surface area contributed by atoms with Crippen molar-refractivity contribution in [2.45, 2.75) is 12.5 Å². The Kier molecular flexibility index (Phi) is 4.44. The van der Waals surface area contributed by atoms with Crippen molar-refractivity contribution in [1.82, 2.24) is 10.2 Å². The Hall–Kier alpha value is -1.53. The minimum absolute atomic E-state index is 0.145. The van der Waals surface area contributed by atoms with E-state index in [-0.39, 0.29) is 12.2 Å². The summed E-state index contributed by atoms with van der Waals surface area (Å²) in [5.41, 5.74) is -0.378. The van der Waals surface area contributed by atoms with Crippen molar-refractivity contribution < 1.29 is 13.6 Å². The molecule has 1 atom stereocenters. The molecule has 1 amide bonds. The molecule has 0 bridgehead atoms. The van der Waals surface area contributed by atoms with E-state index in [9.17, 15) is 13.6 Å². The fourth-order valence-electron chi connectivity index (χ4n) is 2.21. The van der Waals surface area contributed by atoms with Crippen LogP contribution in [0, 0.1) is 11.6 Å². The fourth-order valence-corrected chi connectivity index (χ4v) is 2.21. The lowest BCUT2D eigenvalue weighted by Crippen LogP contribution is -2.35. The molecule has 0 radical (unpaired) electrons. The fraction of sp³-hybridized carbons (Fsp3) is 0.462. The molecule has 0 aromatic heterocycles. The van der Waals surface area contributed by atoms with Crippen molar-refractivity contribution in [3.8, 4) is 0 Å². The number of hydrogen-bond donors (Lipinski definition) is 2. The lowest BCUT2D eigenvalue weighted by atomic mass is 10.3. The normalized spacial score (nSPS) is 19.6. The van der Waals surface area contributed by atoms with Crippen molar-refractivity contribution in [1.29, 1.82) is 0 Å². The highest BCUT2D eigenvalue weighted by molar-refractivity contribution is 5.92. The molecule has 1 aromatic rings. The molecule has 0 spiro atoms. The first-order valence-electron chi connectivity index (χ1n) is 6.23. The first kappa shape index (κ1) is 13.9. The summed E-state index contributed by atoms with van der Waals surface area (Å²) < 4.78 is 26.7. The van der Waals surface area contributed by atoms with Crippen LogP contribution in [0.5, 0.6) is 0 Å². The number of amides is 1. The second-order valence-corrected chi connectivity index (χ2v) is 4.65. The van der Waals surface area contributed by atoms with E-state index in [0.717, 1.165) is 31.6 Å². The van der Waals surface area contributed by atoms with Gasteiger partial charge in [-0.1, -0.05) is 6.07 Å². The van der Waals surface area contributed by atoms with E-state index in [1.54, 1.807) is 0 Å². The molecule has 4 nitrogen and oxygen atoms in total. The summed E-state index contributed by atoms with van der Waals surface area (Å²) in [7, 11) is 1.88. The molecule has 1 fully saturated rings. The maximum absolute atomic E-state index is 13.4. The SMILES string of the molecule is CNC1CCN(CC(=O)Nc2c(F)cccc2F)C1. The van der Waals surface area contributed by atoms with Crippen molar-refractivity contribution in [3.05, 3.63) is 29.8 Å². The summed E-state index contributed by atoms with van der Waals surface area (Å²) in [5.74, 6) is -1.92. The third-order valence-corrected chi connectivity index (χ3v) is 3.28. The van der Waals surface area contributed by atoms with Gasteiger partial charge in [-0.2, -0.15) is 0 Å². The first-order chi connectivity index (χ1) is 9.10. The zero-order valence-electron chi connectivity index (χ0n) is 10.7. The van der Waals surface area contributed by atoms with Gasteiger partial charge in [-0.3, -0.25) is 9.69 Å². The number of likely N-dealkylation sites (N-methyl/N-ethyl adjacent to an activating group) is 1. The third kappa shape index (κ3) is 3.48. The van der Waals surface area contributed by atoms with Crippen LogP contribution in [0.2, 0.25) is 0 Å². The van der Waals surface area contributed by atoms with Crippen LogP contribution in [0.3, 0.4) is 0 Å². The average Bonchev–Trinajstić information content (AvgIpc) is 2.81. The van der Waals surface area contributed by atoms with Crippen molar-refractivity contribution >= 4 is 11.6 Å². The molecule has 2 rings (SSSR count). The highest BCUT2D eigenvalue weighted by atomic mass is 19.1. The van der Waals surface area contributed by atoms with E-state index < -0.39 is 17.5 Å². The highest BCUT2D eigenvalue weighted by Crippen LogP contribution is 2.18. The standard InChI is InChI=1S/C13H17F2N3O/c1-16-9-5-6-18(7-9)8-12(19)17-13-10(14)3-2-4-11(13)15/h2-4,9,16H,5-8H2,1H3,(H,17,19). The maximum Gasteiger partial charge on any atom is 0.238 e. The molecule has 1 aliphatic heterocycles. The second kappa shape index (κ2) is 6.08. The Balaban J connectivity index is 1.91. The smallest absolute Gasteiger partial charge is 0.238 e. The minimum atomic E-state index is -0.761. The quantitative estimate of drug-likeness (QED) is 0.863. The molecule has 1 aliphatic rings. The third-order valence-electron chi connectivity index (χ3n) is 3.28. The van der Waals surface area contributed by atoms with Crippen LogP contribution >= 0.6 is 0 Å². The van der Waals surface area contributed by atoms with Crippen LogP contribution in [0.15, 0.2) is 18.2 Å². The zero-order chi connectivity index (χ0) is 13.8. The molecule has 104 valence electrons. The van der Waals surface area contributed by atoms with Gasteiger partial charge >= 0.3 is 0 Å². The number of rotatable bonds is 4. The number of carbonyl (C=O) groups is 1. The van der Waals surface area contributed by atoms with Crippen LogP contribution in [0.1, 0.15) is 6.42 Å². The van der Waals surface area contributed by atoms with E-state index >= 15 is 0 Å². The van der Waals surface area contributed by atoms with Gasteiger partial charge in [-0.15, -0.1) is 0 Å². The van der Waals surface area contributed by atoms with E-state index in [4.69, 9.17) is 0 Å². The van der Waals surface area contributed by atoms with Gasteiger partial charge in [0.25, 0.3) is 0 Å². The summed E-state index contributed by atoms with van der Waals surface area (Å²) in [6.45, 7) is 1.72. The van der Waals surface area contributed by atoms with Gasteiger partial charge < -0.3 is 10.6 Å². The zero-order valence-corrected chi connectivity index (χ0v) is 10.7. The van der Waals surface area contributed by atoms with Crippen LogP contribution < -0.4 is 10.6 Å². The number of hydrogen-bond acceptors (Lipinski definition) is 3. The van der Waals surface area contributed by atoms with Crippen LogP contribution in [0.25, 0.3) is 0 Å². The van der Waals surface area contributed by atoms with Gasteiger partial charge in [0.15, 0.2) is 0 Å². The summed E-state index contributed by atoms with van der Waals surface area (Å²) >= 11 is 0. The number of carbonyl (C=O) groups excluding carboxylic acids is 1. The molecule has 2 N–H and O–H groups in total. The summed E-state index contributed by atoms with van der Waals surface area (Å²) in [6, 6.07) is 3.87. The monoisotopic (exact) mass is 269 g/mol. The summed E-state index contributed by atoms with van der Waals surface area (Å²) in [4.78, 5) is 13.7. The summed E-state index contributed by atoms with van der Waals surface area (Å²) in [6.07, 6.45) is 0.970. The average molecular weight is 269 g/mol. The Morgan fingerprint density at radius 2 is 2.11 bits per heavy atom. The van der Waals surface area contributed by atoms with Crippen molar-refractivity contribution in [2.75, 3.05) is 32.0 Å². The van der Waals surface area contributed by atoms with Gasteiger partial charge in [0.2, 0.25) is 5.91 Å². The van der Waals surface area contributed by atoms with E-state index in [1.807, 2.05) is 11.9 Å². The van der Waals surface area contributed by atoms with Gasteiger partial charge in [0.05, 0.1) is 6.54 Å². The number of nitrogens with one attached hydrogen (secondary N) is 2. The van der Waals surface area contributed by atoms with E-state index in [1.165, 1.54) is 6.07 Å². The topological polar surface area (TPSA) is 44.4 Å². The molecule has 1 saturated heterocycles. The molecule has 0 aliphatic carbocycles. The molecule has 1 heterocycles. The molecular weight excluding hydrogens is 252 g/mol. The molecule has 1 unspecified atom stereocenters. The van der Waals surface area contributed by atoms with E-state index in [0.29, 0.717) is 6.04 Å². The maximum atomic E-state index is 13.4. The molecule has 0 saturated carbocycles.